The first kappa shape index (κ1) is 20.5. The van der Waals surface area contributed by atoms with Crippen molar-refractivity contribution in [1.82, 2.24) is 19.2 Å². The molecule has 1 aliphatic heterocycles. The van der Waals surface area contributed by atoms with E-state index in [4.69, 9.17) is 0 Å². The van der Waals surface area contributed by atoms with Gasteiger partial charge in [-0.1, -0.05) is 12.1 Å². The van der Waals surface area contributed by atoms with Crippen molar-refractivity contribution >= 4 is 26.8 Å². The van der Waals surface area contributed by atoms with Crippen molar-refractivity contribution in [3.63, 3.8) is 0 Å². The summed E-state index contributed by atoms with van der Waals surface area (Å²) in [5.74, 6) is -0.0729. The van der Waals surface area contributed by atoms with Crippen LogP contribution in [0.15, 0.2) is 29.3 Å². The fraction of sp³-hybridized carbons (Fsp3) is 0.526. The Morgan fingerprint density at radius 2 is 2.11 bits per heavy atom. The van der Waals surface area contributed by atoms with E-state index in [0.717, 1.165) is 31.1 Å². The van der Waals surface area contributed by atoms with E-state index in [1.54, 1.807) is 11.0 Å². The van der Waals surface area contributed by atoms with Crippen LogP contribution in [-0.4, -0.2) is 54.2 Å². The molecule has 1 fully saturated rings. The van der Waals surface area contributed by atoms with Crippen LogP contribution < -0.4 is 10.3 Å². The fourth-order valence-corrected chi connectivity index (χ4v) is 4.14. The highest BCUT2D eigenvalue weighted by Gasteiger charge is 2.27. The lowest BCUT2D eigenvalue weighted by atomic mass is 10.0. The maximum atomic E-state index is 12.7. The van der Waals surface area contributed by atoms with E-state index in [2.05, 4.69) is 9.71 Å². The molecule has 2 heterocycles. The first-order valence-electron chi connectivity index (χ1n) is 9.45. The van der Waals surface area contributed by atoms with E-state index in [9.17, 15) is 18.0 Å². The predicted octanol–water partition coefficient (Wildman–Crippen LogP) is 1.03. The van der Waals surface area contributed by atoms with Crippen LogP contribution in [0.1, 0.15) is 31.2 Å². The Kier molecular flexibility index (Phi) is 6.14. The summed E-state index contributed by atoms with van der Waals surface area (Å²) in [5, 5.41) is 0.545. The van der Waals surface area contributed by atoms with Gasteiger partial charge in [0.05, 0.1) is 23.5 Å². The number of likely N-dealkylation sites (tertiary alicyclic amines) is 1. The molecule has 152 valence electrons. The average molecular weight is 407 g/mol. The molecule has 1 saturated heterocycles. The molecule has 9 heteroatoms. The number of nitrogens with zero attached hydrogens (tertiary/aromatic N) is 3. The minimum absolute atomic E-state index is 0.0729. The summed E-state index contributed by atoms with van der Waals surface area (Å²) in [6.45, 7) is 2.99. The number of amides is 1. The van der Waals surface area contributed by atoms with Gasteiger partial charge in [-0.15, -0.1) is 0 Å². The second-order valence-corrected chi connectivity index (χ2v) is 9.15. The first-order chi connectivity index (χ1) is 13.3. The SMILES string of the molecule is Cc1cccc2c(=O)n(CCC(=O)N3CCCCC3CNS(C)(=O)=O)cnc12. The molecule has 1 atom stereocenters. The number of piperidine rings is 1. The van der Waals surface area contributed by atoms with Crippen molar-refractivity contribution in [2.24, 2.45) is 0 Å². The molecule has 1 N–H and O–H groups in total. The molecule has 1 aromatic heterocycles. The topological polar surface area (TPSA) is 101 Å². The third kappa shape index (κ3) is 4.77. The van der Waals surface area contributed by atoms with Gasteiger partial charge >= 0.3 is 0 Å². The number of aryl methyl sites for hydroxylation is 2. The van der Waals surface area contributed by atoms with E-state index >= 15 is 0 Å². The maximum absolute atomic E-state index is 12.7. The standard InChI is InChI=1S/C19H26N4O4S/c1-14-6-5-8-16-18(14)20-13-22(19(16)25)11-9-17(24)23-10-4-3-7-15(23)12-21-28(2,26)27/h5-6,8,13,15,21H,3-4,7,9-12H2,1-2H3. The number of sulfonamides is 1. The second-order valence-electron chi connectivity index (χ2n) is 7.32. The summed E-state index contributed by atoms with van der Waals surface area (Å²) in [4.78, 5) is 31.5. The van der Waals surface area contributed by atoms with Crippen molar-refractivity contribution < 1.29 is 13.2 Å². The highest BCUT2D eigenvalue weighted by atomic mass is 32.2. The lowest BCUT2D eigenvalue weighted by Crippen LogP contribution is -2.49. The zero-order valence-electron chi connectivity index (χ0n) is 16.2. The molecular weight excluding hydrogens is 380 g/mol. The van der Waals surface area contributed by atoms with Crippen LogP contribution >= 0.6 is 0 Å². The Bertz CT molecular complexity index is 1030. The highest BCUT2D eigenvalue weighted by Crippen LogP contribution is 2.18. The lowest BCUT2D eigenvalue weighted by Gasteiger charge is -2.36. The minimum Gasteiger partial charge on any atom is -0.338 e. The molecule has 1 aliphatic rings. The van der Waals surface area contributed by atoms with E-state index in [1.165, 1.54) is 10.9 Å². The third-order valence-corrected chi connectivity index (χ3v) is 5.84. The number of aromatic nitrogens is 2. The van der Waals surface area contributed by atoms with Crippen molar-refractivity contribution in [1.29, 1.82) is 0 Å². The molecule has 28 heavy (non-hydrogen) atoms. The number of benzene rings is 1. The van der Waals surface area contributed by atoms with Gasteiger partial charge in [0.25, 0.3) is 5.56 Å². The molecule has 0 radical (unpaired) electrons. The van der Waals surface area contributed by atoms with Gasteiger partial charge in [0, 0.05) is 32.1 Å². The predicted molar refractivity (Wildman–Crippen MR) is 108 cm³/mol. The number of carbonyl (C=O) groups is 1. The molecular formula is C19H26N4O4S. The van der Waals surface area contributed by atoms with Crippen LogP contribution in [0.25, 0.3) is 10.9 Å². The van der Waals surface area contributed by atoms with Gasteiger partial charge in [-0.05, 0) is 37.8 Å². The summed E-state index contributed by atoms with van der Waals surface area (Å²) < 4.78 is 26.7. The van der Waals surface area contributed by atoms with Crippen LogP contribution in [0, 0.1) is 6.92 Å². The van der Waals surface area contributed by atoms with Gasteiger partial charge < -0.3 is 4.90 Å². The van der Waals surface area contributed by atoms with Crippen molar-refractivity contribution in [2.45, 2.75) is 45.2 Å². The maximum Gasteiger partial charge on any atom is 0.261 e. The van der Waals surface area contributed by atoms with Gasteiger partial charge in [-0.25, -0.2) is 18.1 Å². The molecule has 2 aromatic rings. The van der Waals surface area contributed by atoms with Gasteiger partial charge in [-0.2, -0.15) is 0 Å². The molecule has 3 rings (SSSR count). The van der Waals surface area contributed by atoms with E-state index in [0.29, 0.717) is 17.4 Å². The Morgan fingerprint density at radius 3 is 2.86 bits per heavy atom. The zero-order valence-corrected chi connectivity index (χ0v) is 17.0. The van der Waals surface area contributed by atoms with Crippen LogP contribution in [0.4, 0.5) is 0 Å². The Balaban J connectivity index is 1.69. The normalized spacial score (nSPS) is 17.8. The summed E-state index contributed by atoms with van der Waals surface area (Å²) in [6, 6.07) is 5.32. The van der Waals surface area contributed by atoms with Crippen molar-refractivity contribution in [3.05, 3.63) is 40.4 Å². The Morgan fingerprint density at radius 1 is 1.32 bits per heavy atom. The number of nitrogens with one attached hydrogen (secondary N) is 1. The summed E-state index contributed by atoms with van der Waals surface area (Å²) in [5.41, 5.74) is 1.46. The molecule has 1 unspecified atom stereocenters. The van der Waals surface area contributed by atoms with E-state index < -0.39 is 10.0 Å². The number of rotatable bonds is 6. The number of hydrogen-bond donors (Lipinski definition) is 1. The first-order valence-corrected chi connectivity index (χ1v) is 11.3. The molecule has 0 spiro atoms. The van der Waals surface area contributed by atoms with Crippen molar-refractivity contribution in [3.8, 4) is 0 Å². The number of hydrogen-bond acceptors (Lipinski definition) is 5. The number of carbonyl (C=O) groups excluding carboxylic acids is 1. The van der Waals surface area contributed by atoms with Crippen LogP contribution in [0.2, 0.25) is 0 Å². The minimum atomic E-state index is -3.30. The quantitative estimate of drug-likeness (QED) is 0.772. The molecule has 8 nitrogen and oxygen atoms in total. The van der Waals surface area contributed by atoms with Crippen LogP contribution in [0.5, 0.6) is 0 Å². The van der Waals surface area contributed by atoms with Gasteiger partial charge in [0.15, 0.2) is 0 Å². The smallest absolute Gasteiger partial charge is 0.261 e. The Labute approximate surface area is 164 Å². The van der Waals surface area contributed by atoms with Crippen molar-refractivity contribution in [2.75, 3.05) is 19.3 Å². The summed E-state index contributed by atoms with van der Waals surface area (Å²) >= 11 is 0. The number of fused-ring (bicyclic) bond motifs is 1. The zero-order chi connectivity index (χ0) is 20.3. The van der Waals surface area contributed by atoms with Gasteiger partial charge in [0.1, 0.15) is 0 Å². The largest absolute Gasteiger partial charge is 0.338 e. The fourth-order valence-electron chi connectivity index (χ4n) is 3.65. The number of para-hydroxylation sites is 1. The lowest BCUT2D eigenvalue weighted by molar-refractivity contribution is -0.134. The van der Waals surface area contributed by atoms with E-state index in [-0.39, 0.29) is 37.0 Å². The summed E-state index contributed by atoms with van der Waals surface area (Å²) in [6.07, 6.45) is 5.41. The van der Waals surface area contributed by atoms with Crippen LogP contribution in [-0.2, 0) is 21.4 Å². The monoisotopic (exact) mass is 406 g/mol. The second kappa shape index (κ2) is 8.40. The van der Waals surface area contributed by atoms with Crippen LogP contribution in [0.3, 0.4) is 0 Å². The summed E-state index contributed by atoms with van der Waals surface area (Å²) in [7, 11) is -3.30. The molecule has 1 amide bonds. The van der Waals surface area contributed by atoms with Gasteiger partial charge in [-0.3, -0.25) is 14.2 Å². The molecule has 1 aromatic carbocycles. The molecule has 0 saturated carbocycles. The molecule has 0 aliphatic carbocycles. The molecule has 0 bridgehead atoms. The van der Waals surface area contributed by atoms with Gasteiger partial charge in [0.2, 0.25) is 15.9 Å². The highest BCUT2D eigenvalue weighted by molar-refractivity contribution is 7.88. The van der Waals surface area contributed by atoms with E-state index in [1.807, 2.05) is 19.1 Å². The average Bonchev–Trinajstić information content (AvgIpc) is 2.66. The Hall–Kier alpha value is -2.26. The third-order valence-electron chi connectivity index (χ3n) is 5.15.